The molecule has 1 fully saturated rings. The molecule has 0 radical (unpaired) electrons. The molecule has 0 saturated carbocycles. The van der Waals surface area contributed by atoms with E-state index in [2.05, 4.69) is 10.6 Å². The molecule has 2 rings (SSSR count). The van der Waals surface area contributed by atoms with E-state index in [4.69, 9.17) is 0 Å². The number of rotatable bonds is 2. The largest absolute Gasteiger partial charge is 0.323 e. The summed E-state index contributed by atoms with van der Waals surface area (Å²) in [5.74, 6) is -0.537. The van der Waals surface area contributed by atoms with Crippen molar-refractivity contribution >= 4 is 11.6 Å². The Labute approximate surface area is 94.0 Å². The van der Waals surface area contributed by atoms with Gasteiger partial charge in [0.1, 0.15) is 5.82 Å². The van der Waals surface area contributed by atoms with E-state index in [1.165, 1.54) is 6.07 Å². The molecule has 0 unspecified atom stereocenters. The van der Waals surface area contributed by atoms with Crippen molar-refractivity contribution in [3.63, 3.8) is 0 Å². The van der Waals surface area contributed by atoms with E-state index in [9.17, 15) is 9.18 Å². The van der Waals surface area contributed by atoms with Crippen LogP contribution in [0.15, 0.2) is 24.3 Å². The quantitative estimate of drug-likeness (QED) is 0.800. The first-order valence-corrected chi connectivity index (χ1v) is 5.53. The van der Waals surface area contributed by atoms with Crippen molar-refractivity contribution in [2.75, 3.05) is 18.4 Å². The lowest BCUT2D eigenvalue weighted by Crippen LogP contribution is -2.37. The summed E-state index contributed by atoms with van der Waals surface area (Å²) in [6.45, 7) is 1.64. The molecule has 0 aliphatic carbocycles. The van der Waals surface area contributed by atoms with Crippen LogP contribution in [0, 0.1) is 11.7 Å². The van der Waals surface area contributed by atoms with Crippen molar-refractivity contribution in [3.8, 4) is 0 Å². The summed E-state index contributed by atoms with van der Waals surface area (Å²) < 4.78 is 13.3. The number of benzene rings is 1. The fourth-order valence-electron chi connectivity index (χ4n) is 1.87. The molecular weight excluding hydrogens is 207 g/mol. The molecule has 1 heterocycles. The number of carbonyl (C=O) groups is 1. The van der Waals surface area contributed by atoms with E-state index in [-0.39, 0.29) is 23.3 Å². The highest BCUT2D eigenvalue weighted by Crippen LogP contribution is 2.16. The predicted octanol–water partition coefficient (Wildman–Crippen LogP) is 1.76. The summed E-state index contributed by atoms with van der Waals surface area (Å²) in [4.78, 5) is 11.8. The highest BCUT2D eigenvalue weighted by atomic mass is 19.1. The summed E-state index contributed by atoms with van der Waals surface area (Å²) in [6, 6.07) is 6.23. The zero-order chi connectivity index (χ0) is 11.4. The smallest absolute Gasteiger partial charge is 0.228 e. The zero-order valence-electron chi connectivity index (χ0n) is 9.00. The lowest BCUT2D eigenvalue weighted by Gasteiger charge is -2.21. The molecular formula is C12H15FN2O. The van der Waals surface area contributed by atoms with Crippen molar-refractivity contribution in [3.05, 3.63) is 30.1 Å². The van der Waals surface area contributed by atoms with Gasteiger partial charge in [-0.15, -0.1) is 0 Å². The number of halogens is 1. The monoisotopic (exact) mass is 222 g/mol. The van der Waals surface area contributed by atoms with Crippen molar-refractivity contribution in [1.82, 2.24) is 5.32 Å². The summed E-state index contributed by atoms with van der Waals surface area (Å²) in [7, 11) is 0. The fourth-order valence-corrected chi connectivity index (χ4v) is 1.87. The van der Waals surface area contributed by atoms with E-state index >= 15 is 0 Å². The highest BCUT2D eigenvalue weighted by Gasteiger charge is 2.21. The van der Waals surface area contributed by atoms with Gasteiger partial charge in [0.05, 0.1) is 11.6 Å². The Balaban J connectivity index is 1.99. The second-order valence-corrected chi connectivity index (χ2v) is 4.01. The Morgan fingerprint density at radius 1 is 1.44 bits per heavy atom. The topological polar surface area (TPSA) is 41.1 Å². The SMILES string of the molecule is O=C(Nc1ccccc1F)[C@H]1CCCNC1. The second kappa shape index (κ2) is 5.07. The standard InChI is InChI=1S/C12H15FN2O/c13-10-5-1-2-6-11(10)15-12(16)9-4-3-7-14-8-9/h1-2,5-6,9,14H,3-4,7-8H2,(H,15,16)/t9-/m0/s1. The van der Waals surface area contributed by atoms with Crippen LogP contribution in [0.5, 0.6) is 0 Å². The van der Waals surface area contributed by atoms with E-state index in [0.29, 0.717) is 6.54 Å². The number of nitrogens with one attached hydrogen (secondary N) is 2. The van der Waals surface area contributed by atoms with Crippen LogP contribution in [-0.2, 0) is 4.79 Å². The maximum absolute atomic E-state index is 13.3. The van der Waals surface area contributed by atoms with Crippen LogP contribution in [0.1, 0.15) is 12.8 Å². The van der Waals surface area contributed by atoms with Crippen molar-refractivity contribution < 1.29 is 9.18 Å². The Morgan fingerprint density at radius 3 is 2.94 bits per heavy atom. The first kappa shape index (κ1) is 11.1. The van der Waals surface area contributed by atoms with Crippen LogP contribution in [0.2, 0.25) is 0 Å². The van der Waals surface area contributed by atoms with E-state index < -0.39 is 0 Å². The van der Waals surface area contributed by atoms with Gasteiger partial charge in [-0.05, 0) is 31.5 Å². The molecule has 1 atom stereocenters. The second-order valence-electron chi connectivity index (χ2n) is 4.01. The van der Waals surface area contributed by atoms with Gasteiger partial charge < -0.3 is 10.6 Å². The van der Waals surface area contributed by atoms with Crippen LogP contribution in [-0.4, -0.2) is 19.0 Å². The molecule has 0 aromatic heterocycles. The molecule has 1 amide bonds. The van der Waals surface area contributed by atoms with Crippen molar-refractivity contribution in [2.24, 2.45) is 5.92 Å². The van der Waals surface area contributed by atoms with Gasteiger partial charge in [0.15, 0.2) is 0 Å². The molecule has 0 spiro atoms. The summed E-state index contributed by atoms with van der Waals surface area (Å²) in [5, 5.41) is 5.79. The van der Waals surface area contributed by atoms with Crippen LogP contribution < -0.4 is 10.6 Å². The van der Waals surface area contributed by atoms with Crippen LogP contribution in [0.25, 0.3) is 0 Å². The number of hydrogen-bond acceptors (Lipinski definition) is 2. The summed E-state index contributed by atoms with van der Waals surface area (Å²) in [5.41, 5.74) is 0.262. The van der Waals surface area contributed by atoms with E-state index in [0.717, 1.165) is 19.4 Å². The molecule has 1 aliphatic heterocycles. The number of para-hydroxylation sites is 1. The highest BCUT2D eigenvalue weighted by molar-refractivity contribution is 5.92. The van der Waals surface area contributed by atoms with Gasteiger partial charge in [0.2, 0.25) is 5.91 Å². The van der Waals surface area contributed by atoms with Crippen LogP contribution >= 0.6 is 0 Å². The number of anilines is 1. The molecule has 2 N–H and O–H groups in total. The minimum Gasteiger partial charge on any atom is -0.323 e. The number of hydrogen-bond donors (Lipinski definition) is 2. The Kier molecular flexibility index (Phi) is 3.51. The fraction of sp³-hybridized carbons (Fsp3) is 0.417. The first-order chi connectivity index (χ1) is 7.77. The van der Waals surface area contributed by atoms with Gasteiger partial charge in [0.25, 0.3) is 0 Å². The molecule has 1 saturated heterocycles. The normalized spacial score (nSPS) is 20.4. The van der Waals surface area contributed by atoms with Crippen LogP contribution in [0.4, 0.5) is 10.1 Å². The van der Waals surface area contributed by atoms with Gasteiger partial charge >= 0.3 is 0 Å². The van der Waals surface area contributed by atoms with Gasteiger partial charge in [-0.1, -0.05) is 12.1 Å². The minimum absolute atomic E-state index is 0.0478. The molecule has 1 aromatic carbocycles. The maximum atomic E-state index is 13.3. The Morgan fingerprint density at radius 2 is 2.25 bits per heavy atom. The first-order valence-electron chi connectivity index (χ1n) is 5.53. The van der Waals surface area contributed by atoms with Gasteiger partial charge in [-0.2, -0.15) is 0 Å². The number of carbonyl (C=O) groups excluding carboxylic acids is 1. The van der Waals surface area contributed by atoms with Gasteiger partial charge in [0, 0.05) is 6.54 Å². The molecule has 16 heavy (non-hydrogen) atoms. The van der Waals surface area contributed by atoms with E-state index in [1.54, 1.807) is 18.2 Å². The van der Waals surface area contributed by atoms with Crippen LogP contribution in [0.3, 0.4) is 0 Å². The number of amides is 1. The van der Waals surface area contributed by atoms with Crippen molar-refractivity contribution in [1.29, 1.82) is 0 Å². The Bertz CT molecular complexity index is 375. The lowest BCUT2D eigenvalue weighted by molar-refractivity contribution is -0.120. The maximum Gasteiger partial charge on any atom is 0.228 e. The molecule has 1 aliphatic rings. The zero-order valence-corrected chi connectivity index (χ0v) is 9.00. The molecule has 4 heteroatoms. The van der Waals surface area contributed by atoms with Gasteiger partial charge in [-0.3, -0.25) is 4.79 Å². The predicted molar refractivity (Wildman–Crippen MR) is 60.6 cm³/mol. The minimum atomic E-state index is -0.389. The molecule has 3 nitrogen and oxygen atoms in total. The molecule has 1 aromatic rings. The van der Waals surface area contributed by atoms with Gasteiger partial charge in [-0.25, -0.2) is 4.39 Å². The van der Waals surface area contributed by atoms with Crippen molar-refractivity contribution in [2.45, 2.75) is 12.8 Å². The third-order valence-corrected chi connectivity index (χ3v) is 2.80. The Hall–Kier alpha value is -1.42. The average Bonchev–Trinajstić information content (AvgIpc) is 2.33. The summed E-state index contributed by atoms with van der Waals surface area (Å²) >= 11 is 0. The molecule has 86 valence electrons. The van der Waals surface area contributed by atoms with E-state index in [1.807, 2.05) is 0 Å². The lowest BCUT2D eigenvalue weighted by atomic mass is 9.99. The molecule has 0 bridgehead atoms. The summed E-state index contributed by atoms with van der Waals surface area (Å²) in [6.07, 6.45) is 1.86. The average molecular weight is 222 g/mol. The number of piperidine rings is 1. The third-order valence-electron chi connectivity index (χ3n) is 2.80. The third kappa shape index (κ3) is 2.58.